The number of anilines is 1. The minimum absolute atomic E-state index is 0.121. The summed E-state index contributed by atoms with van der Waals surface area (Å²) >= 11 is 8.29. The van der Waals surface area contributed by atoms with Crippen molar-refractivity contribution in [2.75, 3.05) is 11.5 Å². The average molecular weight is 550 g/mol. The second kappa shape index (κ2) is 9.72. The molecule has 36 heavy (non-hydrogen) atoms. The van der Waals surface area contributed by atoms with Gasteiger partial charge in [-0.3, -0.25) is 9.69 Å². The van der Waals surface area contributed by atoms with Crippen LogP contribution < -0.4 is 4.90 Å². The lowest BCUT2D eigenvalue weighted by Gasteiger charge is -2.45. The molecule has 0 fully saturated rings. The highest BCUT2D eigenvalue weighted by Gasteiger charge is 2.53. The SMILES string of the molecule is CCOC(=O)C1=C(c2ccccc2)SC(=C2C(=S)C(C)(C)N(C(=O)C(F)(F)F)c3ccc(C)cc32)S1. The zero-order valence-corrected chi connectivity index (χ0v) is 22.3. The normalized spacial score (nSPS) is 19.4. The Hall–Kier alpha value is -2.56. The van der Waals surface area contributed by atoms with Gasteiger partial charge in [0.1, 0.15) is 4.91 Å². The Kier molecular flexibility index (Phi) is 7.15. The van der Waals surface area contributed by atoms with Gasteiger partial charge < -0.3 is 4.74 Å². The van der Waals surface area contributed by atoms with Crippen LogP contribution in [0.2, 0.25) is 0 Å². The van der Waals surface area contributed by atoms with E-state index in [2.05, 4.69) is 0 Å². The molecule has 2 aliphatic rings. The highest BCUT2D eigenvalue weighted by Crippen LogP contribution is 2.58. The molecule has 4 nitrogen and oxygen atoms in total. The zero-order chi connectivity index (χ0) is 26.4. The number of hydrogen-bond acceptors (Lipinski definition) is 6. The van der Waals surface area contributed by atoms with E-state index in [9.17, 15) is 22.8 Å². The topological polar surface area (TPSA) is 46.6 Å². The summed E-state index contributed by atoms with van der Waals surface area (Å²) in [6.45, 7) is 6.74. The first-order chi connectivity index (χ1) is 16.9. The molecule has 0 bridgehead atoms. The predicted molar refractivity (Wildman–Crippen MR) is 143 cm³/mol. The van der Waals surface area contributed by atoms with E-state index in [0.717, 1.165) is 16.0 Å². The lowest BCUT2D eigenvalue weighted by atomic mass is 9.82. The number of esters is 1. The van der Waals surface area contributed by atoms with Crippen LogP contribution in [0.1, 0.15) is 37.5 Å². The highest BCUT2D eigenvalue weighted by molar-refractivity contribution is 8.32. The number of rotatable bonds is 3. The van der Waals surface area contributed by atoms with Gasteiger partial charge in [-0.15, -0.1) is 0 Å². The molecule has 0 unspecified atom stereocenters. The van der Waals surface area contributed by atoms with E-state index in [1.165, 1.54) is 43.4 Å². The van der Waals surface area contributed by atoms with Crippen LogP contribution in [0.4, 0.5) is 18.9 Å². The molecule has 2 heterocycles. The van der Waals surface area contributed by atoms with Gasteiger partial charge >= 0.3 is 18.1 Å². The van der Waals surface area contributed by atoms with Gasteiger partial charge in [0.15, 0.2) is 0 Å². The molecule has 2 aliphatic heterocycles. The largest absolute Gasteiger partial charge is 0.471 e. The molecular formula is C26H22F3NO3S3. The fraction of sp³-hybridized carbons (Fsp3) is 0.269. The molecule has 0 aromatic heterocycles. The third-order valence-corrected chi connectivity index (χ3v) is 9.08. The first kappa shape index (κ1) is 26.5. The van der Waals surface area contributed by atoms with Crippen molar-refractivity contribution in [3.8, 4) is 0 Å². The fourth-order valence-corrected chi connectivity index (χ4v) is 7.21. The molecular weight excluding hydrogens is 527 g/mol. The first-order valence-electron chi connectivity index (χ1n) is 11.0. The summed E-state index contributed by atoms with van der Waals surface area (Å²) in [7, 11) is 0. The summed E-state index contributed by atoms with van der Waals surface area (Å²) in [5, 5.41) is 0. The number of benzene rings is 2. The minimum atomic E-state index is -5.07. The van der Waals surface area contributed by atoms with E-state index in [1.807, 2.05) is 37.3 Å². The van der Waals surface area contributed by atoms with Gasteiger partial charge in [-0.2, -0.15) is 13.2 Å². The van der Waals surface area contributed by atoms with Gasteiger partial charge in [0.25, 0.3) is 0 Å². The summed E-state index contributed by atoms with van der Waals surface area (Å²) in [6.07, 6.45) is -5.07. The van der Waals surface area contributed by atoms with Gasteiger partial charge in [0.2, 0.25) is 0 Å². The number of amides is 1. The van der Waals surface area contributed by atoms with Gasteiger partial charge in [-0.05, 0) is 45.4 Å². The van der Waals surface area contributed by atoms with E-state index in [4.69, 9.17) is 17.0 Å². The average Bonchev–Trinajstić information content (AvgIpc) is 3.25. The number of ether oxygens (including phenoxy) is 1. The third-order valence-electron chi connectivity index (χ3n) is 5.75. The fourth-order valence-electron chi connectivity index (χ4n) is 4.08. The van der Waals surface area contributed by atoms with Crippen molar-refractivity contribution in [1.82, 2.24) is 0 Å². The van der Waals surface area contributed by atoms with Gasteiger partial charge in [0.05, 0.1) is 26.9 Å². The number of fused-ring (bicyclic) bond motifs is 1. The predicted octanol–water partition coefficient (Wildman–Crippen LogP) is 7.13. The molecule has 4 rings (SSSR count). The van der Waals surface area contributed by atoms with Crippen molar-refractivity contribution in [2.24, 2.45) is 0 Å². The number of hydrogen-bond donors (Lipinski definition) is 0. The van der Waals surface area contributed by atoms with Crippen LogP contribution in [0.5, 0.6) is 0 Å². The Bertz CT molecular complexity index is 1330. The quantitative estimate of drug-likeness (QED) is 0.231. The number of alkyl halides is 3. The van der Waals surface area contributed by atoms with Gasteiger partial charge in [-0.1, -0.05) is 77.7 Å². The van der Waals surface area contributed by atoms with E-state index >= 15 is 0 Å². The van der Waals surface area contributed by atoms with Crippen LogP contribution >= 0.6 is 35.7 Å². The second-order valence-electron chi connectivity index (χ2n) is 8.66. The van der Waals surface area contributed by atoms with Crippen LogP contribution in [-0.4, -0.2) is 35.1 Å². The number of halogens is 3. The smallest absolute Gasteiger partial charge is 0.462 e. The van der Waals surface area contributed by atoms with Crippen LogP contribution in [0.15, 0.2) is 57.7 Å². The molecule has 0 saturated heterocycles. The number of aryl methyl sites for hydroxylation is 1. The summed E-state index contributed by atoms with van der Waals surface area (Å²) in [5.74, 6) is -2.46. The minimum Gasteiger partial charge on any atom is -0.462 e. The van der Waals surface area contributed by atoms with Crippen molar-refractivity contribution >= 4 is 68.6 Å². The molecule has 2 aromatic rings. The van der Waals surface area contributed by atoms with Crippen LogP contribution in [0, 0.1) is 6.92 Å². The summed E-state index contributed by atoms with van der Waals surface area (Å²) in [5.41, 5.74) is 1.24. The molecule has 1 amide bonds. The third kappa shape index (κ3) is 4.62. The van der Waals surface area contributed by atoms with E-state index in [-0.39, 0.29) is 17.2 Å². The molecule has 2 aromatic carbocycles. The van der Waals surface area contributed by atoms with Crippen molar-refractivity contribution in [1.29, 1.82) is 0 Å². The van der Waals surface area contributed by atoms with Gasteiger partial charge in [0, 0.05) is 16.0 Å². The summed E-state index contributed by atoms with van der Waals surface area (Å²) in [4.78, 5) is 27.4. The summed E-state index contributed by atoms with van der Waals surface area (Å²) < 4.78 is 46.8. The van der Waals surface area contributed by atoms with E-state index < -0.39 is 23.6 Å². The Balaban J connectivity index is 1.93. The molecule has 0 atom stereocenters. The maximum atomic E-state index is 13.6. The second-order valence-corrected chi connectivity index (χ2v) is 11.4. The molecule has 10 heteroatoms. The highest BCUT2D eigenvalue weighted by atomic mass is 32.2. The van der Waals surface area contributed by atoms with Crippen LogP contribution in [-0.2, 0) is 14.3 Å². The number of thiocarbonyl (C=S) groups is 1. The van der Waals surface area contributed by atoms with Gasteiger partial charge in [-0.25, -0.2) is 4.79 Å². The Labute approximate surface area is 221 Å². The van der Waals surface area contributed by atoms with Crippen LogP contribution in [0.3, 0.4) is 0 Å². The number of carbonyl (C=O) groups is 2. The lowest BCUT2D eigenvalue weighted by molar-refractivity contribution is -0.171. The Morgan fingerprint density at radius 1 is 1.08 bits per heavy atom. The molecule has 0 saturated carbocycles. The standard InChI is InChI=1S/C26H22F3NO3S3/c1-5-33-22(31)20-19(15-9-7-6-8-10-15)35-23(36-20)18-16-13-14(2)11-12-17(16)30(24(32)26(27,28)29)25(3,4)21(18)34/h6-13H,5H2,1-4H3. The molecule has 0 spiro atoms. The van der Waals surface area contributed by atoms with E-state index in [1.54, 1.807) is 19.1 Å². The molecule has 188 valence electrons. The first-order valence-corrected chi connectivity index (χ1v) is 13.1. The Morgan fingerprint density at radius 2 is 1.75 bits per heavy atom. The summed E-state index contributed by atoms with van der Waals surface area (Å²) in [6, 6.07) is 14.2. The van der Waals surface area contributed by atoms with Crippen LogP contribution in [0.25, 0.3) is 10.5 Å². The van der Waals surface area contributed by atoms with Crippen molar-refractivity contribution in [3.63, 3.8) is 0 Å². The lowest BCUT2D eigenvalue weighted by Crippen LogP contribution is -2.59. The number of thioether (sulfide) groups is 2. The molecule has 0 aliphatic carbocycles. The zero-order valence-electron chi connectivity index (χ0n) is 19.9. The maximum Gasteiger partial charge on any atom is 0.471 e. The number of carbonyl (C=O) groups excluding carboxylic acids is 2. The van der Waals surface area contributed by atoms with Crippen molar-refractivity contribution in [3.05, 3.63) is 74.4 Å². The monoisotopic (exact) mass is 549 g/mol. The van der Waals surface area contributed by atoms with Crippen molar-refractivity contribution < 1.29 is 27.5 Å². The maximum absolute atomic E-state index is 13.6. The molecule has 0 radical (unpaired) electrons. The number of nitrogens with zero attached hydrogens (tertiary/aromatic N) is 1. The molecule has 0 N–H and O–H groups in total. The van der Waals surface area contributed by atoms with E-state index in [0.29, 0.717) is 25.2 Å². The Morgan fingerprint density at radius 3 is 2.36 bits per heavy atom. The van der Waals surface area contributed by atoms with Crippen molar-refractivity contribution in [2.45, 2.75) is 39.4 Å².